The zero-order chi connectivity index (χ0) is 13.0. The monoisotopic (exact) mass is 257 g/mol. The first-order chi connectivity index (χ1) is 8.66. The highest BCUT2D eigenvalue weighted by Gasteiger charge is 2.46. The summed E-state index contributed by atoms with van der Waals surface area (Å²) in [5.74, 6) is -0.0722. The number of carbonyl (C=O) groups is 1. The molecule has 18 heavy (non-hydrogen) atoms. The number of carbonyl (C=O) groups excluding carboxylic acids is 1. The van der Waals surface area contributed by atoms with Gasteiger partial charge in [-0.1, -0.05) is 6.42 Å². The zero-order valence-corrected chi connectivity index (χ0v) is 11.0. The lowest BCUT2D eigenvalue weighted by molar-refractivity contribution is -0.152. The normalized spacial score (nSPS) is 32.2. The lowest BCUT2D eigenvalue weighted by Gasteiger charge is -2.30. The van der Waals surface area contributed by atoms with Crippen molar-refractivity contribution in [3.63, 3.8) is 0 Å². The summed E-state index contributed by atoms with van der Waals surface area (Å²) in [7, 11) is 0. The molecule has 0 radical (unpaired) electrons. The van der Waals surface area contributed by atoms with Crippen LogP contribution >= 0.6 is 0 Å². The quantitative estimate of drug-likeness (QED) is 0.714. The molecule has 2 rings (SSSR count). The van der Waals surface area contributed by atoms with E-state index in [1.807, 2.05) is 6.92 Å². The molecule has 5 nitrogen and oxygen atoms in total. The van der Waals surface area contributed by atoms with E-state index >= 15 is 0 Å². The third-order valence-electron chi connectivity index (χ3n) is 3.95. The second-order valence-electron chi connectivity index (χ2n) is 5.17. The third kappa shape index (κ3) is 2.84. The Balaban J connectivity index is 1.79. The summed E-state index contributed by atoms with van der Waals surface area (Å²) in [6.45, 7) is 4.23. The number of ether oxygens (including phenoxy) is 3. The minimum atomic E-state index is -0.796. The molecule has 5 heteroatoms. The van der Waals surface area contributed by atoms with Gasteiger partial charge in [-0.2, -0.15) is 0 Å². The lowest BCUT2D eigenvalue weighted by atomic mass is 9.86. The second kappa shape index (κ2) is 5.99. The van der Waals surface area contributed by atoms with Crippen molar-refractivity contribution in [3.8, 4) is 0 Å². The lowest BCUT2D eigenvalue weighted by Crippen LogP contribution is -2.52. The number of hydrogen-bond acceptors (Lipinski definition) is 5. The maximum Gasteiger partial charge on any atom is 0.326 e. The van der Waals surface area contributed by atoms with Gasteiger partial charge in [0.05, 0.1) is 19.8 Å². The van der Waals surface area contributed by atoms with Crippen molar-refractivity contribution in [2.24, 2.45) is 11.7 Å². The second-order valence-corrected chi connectivity index (χ2v) is 5.17. The van der Waals surface area contributed by atoms with E-state index in [1.165, 1.54) is 0 Å². The van der Waals surface area contributed by atoms with Crippen LogP contribution in [-0.2, 0) is 19.0 Å². The van der Waals surface area contributed by atoms with E-state index in [4.69, 9.17) is 19.9 Å². The summed E-state index contributed by atoms with van der Waals surface area (Å²) in [4.78, 5) is 11.9. The first-order valence-corrected chi connectivity index (χ1v) is 6.82. The number of rotatable bonds is 6. The van der Waals surface area contributed by atoms with Crippen molar-refractivity contribution < 1.29 is 19.0 Å². The van der Waals surface area contributed by atoms with Crippen LogP contribution in [0, 0.1) is 5.92 Å². The van der Waals surface area contributed by atoms with Crippen LogP contribution in [0.4, 0.5) is 0 Å². The molecule has 2 atom stereocenters. The molecule has 2 fully saturated rings. The van der Waals surface area contributed by atoms with Gasteiger partial charge in [-0.05, 0) is 32.1 Å². The average molecular weight is 257 g/mol. The number of nitrogens with two attached hydrogens (primary N) is 1. The highest BCUT2D eigenvalue weighted by Crippen LogP contribution is 2.37. The predicted molar refractivity (Wildman–Crippen MR) is 66.1 cm³/mol. The van der Waals surface area contributed by atoms with Gasteiger partial charge in [0.2, 0.25) is 0 Å². The average Bonchev–Trinajstić information content (AvgIpc) is 2.66. The maximum absolute atomic E-state index is 11.9. The highest BCUT2D eigenvalue weighted by atomic mass is 16.6. The summed E-state index contributed by atoms with van der Waals surface area (Å²) in [5.41, 5.74) is 5.45. The Hall–Kier alpha value is -0.650. The van der Waals surface area contributed by atoms with E-state index in [2.05, 4.69) is 0 Å². The molecule has 0 amide bonds. The van der Waals surface area contributed by atoms with Gasteiger partial charge in [-0.15, -0.1) is 0 Å². The molecule has 0 bridgehead atoms. The van der Waals surface area contributed by atoms with Crippen LogP contribution in [0.5, 0.6) is 0 Å². The van der Waals surface area contributed by atoms with Gasteiger partial charge in [0.1, 0.15) is 11.6 Å². The molecule has 0 aromatic heterocycles. The van der Waals surface area contributed by atoms with Gasteiger partial charge < -0.3 is 19.9 Å². The molecule has 1 saturated heterocycles. The Labute approximate surface area is 108 Å². The third-order valence-corrected chi connectivity index (χ3v) is 3.95. The molecular weight excluding hydrogens is 234 g/mol. The Morgan fingerprint density at radius 2 is 2.28 bits per heavy atom. The fraction of sp³-hybridized carbons (Fsp3) is 0.923. The Morgan fingerprint density at radius 3 is 2.89 bits per heavy atom. The molecule has 1 saturated carbocycles. The first-order valence-electron chi connectivity index (χ1n) is 6.82. The highest BCUT2D eigenvalue weighted by molar-refractivity contribution is 5.81. The summed E-state index contributed by atoms with van der Waals surface area (Å²) in [5, 5.41) is 0. The summed E-state index contributed by atoms with van der Waals surface area (Å²) < 4.78 is 15.8. The van der Waals surface area contributed by atoms with Crippen LogP contribution in [0.25, 0.3) is 0 Å². The molecule has 104 valence electrons. The molecule has 0 aromatic rings. The van der Waals surface area contributed by atoms with E-state index < -0.39 is 5.54 Å². The van der Waals surface area contributed by atoms with Gasteiger partial charge >= 0.3 is 5.97 Å². The Kier molecular flexibility index (Phi) is 4.59. The minimum Gasteiger partial charge on any atom is -0.465 e. The largest absolute Gasteiger partial charge is 0.465 e. The van der Waals surface area contributed by atoms with Gasteiger partial charge in [0, 0.05) is 6.61 Å². The van der Waals surface area contributed by atoms with Gasteiger partial charge in [0.15, 0.2) is 0 Å². The fourth-order valence-corrected chi connectivity index (χ4v) is 2.73. The van der Waals surface area contributed by atoms with Crippen molar-refractivity contribution in [2.45, 2.75) is 44.2 Å². The standard InChI is InChI=1S/C13H23NO4/c1-2-17-12(15)13(14)6-3-4-10(13)5-7-18-11-8-16-9-11/h10-11H,2-9,14H2,1H3. The molecule has 1 heterocycles. The van der Waals surface area contributed by atoms with E-state index in [1.54, 1.807) is 0 Å². The molecular formula is C13H23NO4. The van der Waals surface area contributed by atoms with Gasteiger partial charge in [-0.3, -0.25) is 4.79 Å². The summed E-state index contributed by atoms with van der Waals surface area (Å²) in [6, 6.07) is 0. The van der Waals surface area contributed by atoms with Gasteiger partial charge in [-0.25, -0.2) is 0 Å². The SMILES string of the molecule is CCOC(=O)C1(N)CCCC1CCOC1COC1. The number of hydrogen-bond donors (Lipinski definition) is 1. The van der Waals surface area contributed by atoms with Crippen LogP contribution in [-0.4, -0.2) is 44.0 Å². The first kappa shape index (κ1) is 13.8. The van der Waals surface area contributed by atoms with Crippen molar-refractivity contribution >= 4 is 5.97 Å². The number of esters is 1. The van der Waals surface area contributed by atoms with Crippen molar-refractivity contribution in [1.29, 1.82) is 0 Å². The fourth-order valence-electron chi connectivity index (χ4n) is 2.73. The van der Waals surface area contributed by atoms with Crippen molar-refractivity contribution in [1.82, 2.24) is 0 Å². The van der Waals surface area contributed by atoms with Crippen LogP contribution in [0.15, 0.2) is 0 Å². The van der Waals surface area contributed by atoms with Crippen molar-refractivity contribution in [2.75, 3.05) is 26.4 Å². The Bertz CT molecular complexity index is 293. The van der Waals surface area contributed by atoms with E-state index in [9.17, 15) is 4.79 Å². The zero-order valence-electron chi connectivity index (χ0n) is 11.0. The van der Waals surface area contributed by atoms with E-state index in [0.717, 1.165) is 25.7 Å². The van der Waals surface area contributed by atoms with Crippen LogP contribution in [0.3, 0.4) is 0 Å². The smallest absolute Gasteiger partial charge is 0.326 e. The van der Waals surface area contributed by atoms with Crippen molar-refractivity contribution in [3.05, 3.63) is 0 Å². The van der Waals surface area contributed by atoms with Crippen LogP contribution in [0.1, 0.15) is 32.6 Å². The molecule has 0 aromatic carbocycles. The molecule has 2 unspecified atom stereocenters. The molecule has 2 N–H and O–H groups in total. The molecule has 1 aliphatic carbocycles. The Morgan fingerprint density at radius 1 is 1.50 bits per heavy atom. The van der Waals surface area contributed by atoms with E-state index in [0.29, 0.717) is 26.4 Å². The molecule has 1 aliphatic heterocycles. The molecule has 0 spiro atoms. The van der Waals surface area contributed by atoms with Crippen LogP contribution < -0.4 is 5.73 Å². The summed E-state index contributed by atoms with van der Waals surface area (Å²) in [6.07, 6.45) is 3.77. The van der Waals surface area contributed by atoms with Crippen LogP contribution in [0.2, 0.25) is 0 Å². The molecule has 2 aliphatic rings. The minimum absolute atomic E-state index is 0.178. The van der Waals surface area contributed by atoms with E-state index in [-0.39, 0.29) is 18.0 Å². The summed E-state index contributed by atoms with van der Waals surface area (Å²) >= 11 is 0. The van der Waals surface area contributed by atoms with Gasteiger partial charge in [0.25, 0.3) is 0 Å². The predicted octanol–water partition coefficient (Wildman–Crippen LogP) is 0.853. The maximum atomic E-state index is 11.9. The topological polar surface area (TPSA) is 70.8 Å².